The topological polar surface area (TPSA) is 68.0 Å². The largest absolute Gasteiger partial charge is 0.456 e. The summed E-state index contributed by atoms with van der Waals surface area (Å²) in [5.41, 5.74) is 1.93. The second-order valence-electron chi connectivity index (χ2n) is 5.92. The first-order valence-corrected chi connectivity index (χ1v) is 7.78. The number of hydrogen-bond donors (Lipinski definition) is 1. The molecule has 0 aromatic carbocycles. The molecule has 1 aliphatic carbocycles. The minimum absolute atomic E-state index is 0.136. The number of nitrogens with one attached hydrogen (secondary N) is 1. The van der Waals surface area contributed by atoms with Crippen LogP contribution in [0.1, 0.15) is 59.2 Å². The molecule has 0 spiro atoms. The van der Waals surface area contributed by atoms with Crippen LogP contribution in [0.3, 0.4) is 0 Å². The molecule has 1 aliphatic rings. The van der Waals surface area contributed by atoms with Crippen molar-refractivity contribution < 1.29 is 9.21 Å². The first kappa shape index (κ1) is 14.8. The second-order valence-corrected chi connectivity index (χ2v) is 5.92. The number of furan rings is 1. The average Bonchev–Trinajstić information content (AvgIpc) is 3.26. The third-order valence-corrected chi connectivity index (χ3v) is 4.04. The van der Waals surface area contributed by atoms with Gasteiger partial charge >= 0.3 is 0 Å². The summed E-state index contributed by atoms with van der Waals surface area (Å²) in [4.78, 5) is 21.3. The molecule has 116 valence electrons. The van der Waals surface area contributed by atoms with Gasteiger partial charge in [-0.25, -0.2) is 9.97 Å². The number of carbonyl (C=O) groups is 1. The molecule has 0 unspecified atom stereocenters. The number of nitrogens with zero attached hydrogens (tertiary/aromatic N) is 2. The van der Waals surface area contributed by atoms with Crippen molar-refractivity contribution in [1.82, 2.24) is 15.3 Å². The molecule has 0 aliphatic heterocycles. The Morgan fingerprint density at radius 2 is 2.23 bits per heavy atom. The van der Waals surface area contributed by atoms with Crippen LogP contribution in [0.5, 0.6) is 0 Å². The molecule has 1 N–H and O–H groups in total. The maximum Gasteiger partial charge on any atom is 0.287 e. The molecule has 1 amide bonds. The van der Waals surface area contributed by atoms with Gasteiger partial charge in [-0.3, -0.25) is 4.79 Å². The molecule has 1 atom stereocenters. The molecule has 3 rings (SSSR count). The van der Waals surface area contributed by atoms with Crippen LogP contribution in [0.2, 0.25) is 0 Å². The molecule has 0 radical (unpaired) electrons. The SMILES string of the molecule is CCc1oc(C(=O)N[C@@H](c2nccc(C)n2)C2CC2)cc1C. The highest BCUT2D eigenvalue weighted by atomic mass is 16.4. The quantitative estimate of drug-likeness (QED) is 0.921. The van der Waals surface area contributed by atoms with Crippen LogP contribution in [0.15, 0.2) is 22.7 Å². The number of carbonyl (C=O) groups excluding carboxylic acids is 1. The van der Waals surface area contributed by atoms with Crippen molar-refractivity contribution in [2.75, 3.05) is 0 Å². The van der Waals surface area contributed by atoms with Gasteiger partial charge in [-0.15, -0.1) is 0 Å². The highest BCUT2D eigenvalue weighted by molar-refractivity contribution is 5.92. The fraction of sp³-hybridized carbons (Fsp3) is 0.471. The van der Waals surface area contributed by atoms with E-state index in [0.29, 0.717) is 17.5 Å². The summed E-state index contributed by atoms with van der Waals surface area (Å²) < 4.78 is 5.63. The van der Waals surface area contributed by atoms with Crippen molar-refractivity contribution in [2.24, 2.45) is 5.92 Å². The molecule has 0 bridgehead atoms. The number of amides is 1. The van der Waals surface area contributed by atoms with Crippen molar-refractivity contribution >= 4 is 5.91 Å². The van der Waals surface area contributed by atoms with Crippen molar-refractivity contribution in [3.63, 3.8) is 0 Å². The Kier molecular flexibility index (Phi) is 3.96. The lowest BCUT2D eigenvalue weighted by Gasteiger charge is -2.16. The van der Waals surface area contributed by atoms with Crippen LogP contribution in [-0.2, 0) is 6.42 Å². The standard InChI is InChI=1S/C17H21N3O2/c1-4-13-10(2)9-14(22-13)17(21)20-15(12-5-6-12)16-18-8-7-11(3)19-16/h7-9,12,15H,4-6H2,1-3H3,(H,20,21)/t15-/m1/s1. The lowest BCUT2D eigenvalue weighted by Crippen LogP contribution is -2.31. The molecule has 2 aromatic heterocycles. The Morgan fingerprint density at radius 1 is 1.45 bits per heavy atom. The van der Waals surface area contributed by atoms with Gasteiger partial charge in [0.15, 0.2) is 11.6 Å². The summed E-state index contributed by atoms with van der Waals surface area (Å²) in [6.45, 7) is 5.91. The highest BCUT2D eigenvalue weighted by Crippen LogP contribution is 2.40. The van der Waals surface area contributed by atoms with E-state index in [0.717, 1.165) is 36.3 Å². The van der Waals surface area contributed by atoms with Gasteiger partial charge in [0.1, 0.15) is 5.76 Å². The number of rotatable bonds is 5. The molecule has 1 fully saturated rings. The fourth-order valence-corrected chi connectivity index (χ4v) is 2.64. The van der Waals surface area contributed by atoms with E-state index in [1.807, 2.05) is 26.8 Å². The summed E-state index contributed by atoms with van der Waals surface area (Å²) in [6.07, 6.45) is 4.72. The Bertz CT molecular complexity index is 689. The van der Waals surface area contributed by atoms with Crippen molar-refractivity contribution in [1.29, 1.82) is 0 Å². The highest BCUT2D eigenvalue weighted by Gasteiger charge is 2.36. The van der Waals surface area contributed by atoms with Gasteiger partial charge in [0.2, 0.25) is 0 Å². The third-order valence-electron chi connectivity index (χ3n) is 4.04. The van der Waals surface area contributed by atoms with Crippen LogP contribution < -0.4 is 5.32 Å². The lowest BCUT2D eigenvalue weighted by atomic mass is 10.1. The summed E-state index contributed by atoms with van der Waals surface area (Å²) in [5.74, 6) is 2.15. The minimum Gasteiger partial charge on any atom is -0.456 e. The smallest absolute Gasteiger partial charge is 0.287 e. The number of aryl methyl sites for hydroxylation is 3. The molecule has 2 heterocycles. The molecule has 1 saturated carbocycles. The second kappa shape index (κ2) is 5.91. The van der Waals surface area contributed by atoms with E-state index in [9.17, 15) is 4.79 Å². The first-order valence-electron chi connectivity index (χ1n) is 7.78. The summed E-state index contributed by atoms with van der Waals surface area (Å²) >= 11 is 0. The fourth-order valence-electron chi connectivity index (χ4n) is 2.64. The van der Waals surface area contributed by atoms with Gasteiger partial charge in [-0.1, -0.05) is 6.92 Å². The Balaban J connectivity index is 1.80. The van der Waals surface area contributed by atoms with Crippen molar-refractivity contribution in [3.8, 4) is 0 Å². The van der Waals surface area contributed by atoms with Gasteiger partial charge in [-0.05, 0) is 50.3 Å². The third kappa shape index (κ3) is 3.03. The normalized spacial score (nSPS) is 15.6. The van der Waals surface area contributed by atoms with Gasteiger partial charge in [0.25, 0.3) is 5.91 Å². The molecule has 2 aromatic rings. The summed E-state index contributed by atoms with van der Waals surface area (Å²) in [7, 11) is 0. The Morgan fingerprint density at radius 3 is 2.82 bits per heavy atom. The molecule has 5 heteroatoms. The van der Waals surface area contributed by atoms with Gasteiger partial charge in [0, 0.05) is 18.3 Å². The van der Waals surface area contributed by atoms with Crippen LogP contribution in [-0.4, -0.2) is 15.9 Å². The number of hydrogen-bond acceptors (Lipinski definition) is 4. The molecule has 22 heavy (non-hydrogen) atoms. The zero-order chi connectivity index (χ0) is 15.7. The zero-order valence-corrected chi connectivity index (χ0v) is 13.2. The van der Waals surface area contributed by atoms with E-state index in [4.69, 9.17) is 4.42 Å². The average molecular weight is 299 g/mol. The Labute approximate surface area is 130 Å². The summed E-state index contributed by atoms with van der Waals surface area (Å²) in [6, 6.07) is 3.52. The molecular weight excluding hydrogens is 278 g/mol. The molecule has 5 nitrogen and oxygen atoms in total. The maximum absolute atomic E-state index is 12.5. The van der Waals surface area contributed by atoms with Gasteiger partial charge < -0.3 is 9.73 Å². The van der Waals surface area contributed by atoms with E-state index in [1.165, 1.54) is 0 Å². The van der Waals surface area contributed by atoms with E-state index in [-0.39, 0.29) is 11.9 Å². The van der Waals surface area contributed by atoms with Crippen LogP contribution >= 0.6 is 0 Å². The zero-order valence-electron chi connectivity index (χ0n) is 13.2. The Hall–Kier alpha value is -2.17. The summed E-state index contributed by atoms with van der Waals surface area (Å²) in [5, 5.41) is 3.05. The monoisotopic (exact) mass is 299 g/mol. The van der Waals surface area contributed by atoms with Gasteiger partial charge in [0.05, 0.1) is 6.04 Å². The predicted octanol–water partition coefficient (Wildman–Crippen LogP) is 3.13. The van der Waals surface area contributed by atoms with E-state index in [2.05, 4.69) is 15.3 Å². The predicted molar refractivity (Wildman–Crippen MR) is 82.5 cm³/mol. The van der Waals surface area contributed by atoms with Crippen LogP contribution in [0.4, 0.5) is 0 Å². The van der Waals surface area contributed by atoms with Crippen molar-refractivity contribution in [3.05, 3.63) is 46.9 Å². The lowest BCUT2D eigenvalue weighted by molar-refractivity contribution is 0.0899. The van der Waals surface area contributed by atoms with Crippen molar-refractivity contribution in [2.45, 2.75) is 46.1 Å². The maximum atomic E-state index is 12.5. The first-order chi connectivity index (χ1) is 10.6. The number of aromatic nitrogens is 2. The molecule has 0 saturated heterocycles. The van der Waals surface area contributed by atoms with E-state index < -0.39 is 0 Å². The van der Waals surface area contributed by atoms with Crippen LogP contribution in [0.25, 0.3) is 0 Å². The minimum atomic E-state index is -0.190. The molecular formula is C17H21N3O2. The van der Waals surface area contributed by atoms with Crippen LogP contribution in [0, 0.1) is 19.8 Å². The van der Waals surface area contributed by atoms with E-state index >= 15 is 0 Å². The van der Waals surface area contributed by atoms with Gasteiger partial charge in [-0.2, -0.15) is 0 Å². The van der Waals surface area contributed by atoms with E-state index in [1.54, 1.807) is 12.3 Å².